The van der Waals surface area contributed by atoms with Crippen molar-refractivity contribution >= 4 is 54.7 Å². The molecule has 11 heteroatoms. The van der Waals surface area contributed by atoms with Crippen LogP contribution in [0.3, 0.4) is 0 Å². The number of halogens is 1. The topological polar surface area (TPSA) is 115 Å². The molecule has 4 rings (SSSR count). The fraction of sp³-hybridized carbons (Fsp3) is 0. The third kappa shape index (κ3) is 3.90. The van der Waals surface area contributed by atoms with Gasteiger partial charge in [0.25, 0.3) is 15.7 Å². The van der Waals surface area contributed by atoms with Crippen molar-refractivity contribution in [2.24, 2.45) is 0 Å². The van der Waals surface area contributed by atoms with Crippen LogP contribution in [0.2, 0.25) is 5.02 Å². The molecule has 2 heterocycles. The Labute approximate surface area is 174 Å². The largest absolute Gasteiger partial charge is 0.280 e. The van der Waals surface area contributed by atoms with Gasteiger partial charge in [-0.25, -0.2) is 18.4 Å². The third-order valence-corrected chi connectivity index (χ3v) is 6.86. The normalized spacial score (nSPS) is 11.5. The number of non-ortho nitro benzene ring substituents is 1. The van der Waals surface area contributed by atoms with Gasteiger partial charge in [-0.1, -0.05) is 22.9 Å². The number of hydrogen-bond donors (Lipinski definition) is 1. The van der Waals surface area contributed by atoms with Crippen molar-refractivity contribution in [3.63, 3.8) is 0 Å². The highest BCUT2D eigenvalue weighted by atomic mass is 35.5. The van der Waals surface area contributed by atoms with E-state index in [2.05, 4.69) is 14.7 Å². The highest BCUT2D eigenvalue weighted by Crippen LogP contribution is 2.31. The smallest absolute Gasteiger partial charge is 0.270 e. The number of hydrogen-bond acceptors (Lipinski definition) is 7. The summed E-state index contributed by atoms with van der Waals surface area (Å²) in [7, 11) is -4.11. The lowest BCUT2D eigenvalue weighted by Gasteiger charge is -2.10. The Kier molecular flexibility index (Phi) is 4.91. The second-order valence-electron chi connectivity index (χ2n) is 5.90. The van der Waals surface area contributed by atoms with Crippen molar-refractivity contribution in [2.75, 3.05) is 4.72 Å². The van der Waals surface area contributed by atoms with E-state index in [0.717, 1.165) is 33.1 Å². The molecule has 2 aromatic carbocycles. The summed E-state index contributed by atoms with van der Waals surface area (Å²) < 4.78 is 27.6. The van der Waals surface area contributed by atoms with Crippen LogP contribution in [0.25, 0.3) is 20.9 Å². The Morgan fingerprint density at radius 2 is 1.86 bits per heavy atom. The zero-order chi connectivity index (χ0) is 20.6. The molecule has 0 amide bonds. The molecule has 4 aromatic rings. The molecule has 0 aliphatic carbocycles. The van der Waals surface area contributed by atoms with Crippen LogP contribution in [-0.2, 0) is 10.0 Å². The van der Waals surface area contributed by atoms with E-state index < -0.39 is 14.9 Å². The van der Waals surface area contributed by atoms with Gasteiger partial charge in [0.1, 0.15) is 20.3 Å². The van der Waals surface area contributed by atoms with E-state index in [1.54, 1.807) is 30.5 Å². The average Bonchev–Trinajstić information content (AvgIpc) is 3.12. The van der Waals surface area contributed by atoms with Crippen LogP contribution in [-0.4, -0.2) is 23.3 Å². The number of sulfonamides is 1. The number of nitro benzene ring substituents is 1. The SMILES string of the molecule is O=[N+]([O-])c1ccc(Cl)c(S(=O)(=O)Nc2ccc(-c3nc4cccnc4s3)cc2)c1. The standard InChI is InChI=1S/C18H11ClN4O4S2/c19-14-8-7-13(23(24)25)10-16(14)29(26,27)22-12-5-3-11(4-6-12)17-21-15-2-1-9-20-18(15)28-17/h1-10,22H. The predicted molar refractivity (Wildman–Crippen MR) is 112 cm³/mol. The number of nitro groups is 1. The molecule has 0 unspecified atom stereocenters. The summed E-state index contributed by atoms with van der Waals surface area (Å²) in [6.07, 6.45) is 1.70. The summed E-state index contributed by atoms with van der Waals surface area (Å²) >= 11 is 7.37. The molecule has 8 nitrogen and oxygen atoms in total. The van der Waals surface area contributed by atoms with Crippen molar-refractivity contribution in [1.29, 1.82) is 0 Å². The van der Waals surface area contributed by atoms with Gasteiger partial charge in [0.15, 0.2) is 0 Å². The molecule has 0 bridgehead atoms. The van der Waals surface area contributed by atoms with Gasteiger partial charge in [-0.05, 0) is 42.5 Å². The van der Waals surface area contributed by atoms with Gasteiger partial charge in [0, 0.05) is 29.6 Å². The number of nitrogens with zero attached hydrogens (tertiary/aromatic N) is 3. The minimum absolute atomic E-state index is 0.110. The highest BCUT2D eigenvalue weighted by Gasteiger charge is 2.22. The quantitative estimate of drug-likeness (QED) is 0.350. The third-order valence-electron chi connectivity index (χ3n) is 3.97. The number of pyridine rings is 1. The van der Waals surface area contributed by atoms with Gasteiger partial charge in [-0.2, -0.15) is 0 Å². The lowest BCUT2D eigenvalue weighted by Crippen LogP contribution is -2.13. The van der Waals surface area contributed by atoms with Crippen LogP contribution in [0.4, 0.5) is 11.4 Å². The number of thiazole rings is 1. The molecule has 1 N–H and O–H groups in total. The van der Waals surface area contributed by atoms with Gasteiger partial charge in [0.05, 0.1) is 9.95 Å². The maximum atomic E-state index is 12.6. The molecule has 0 spiro atoms. The summed E-state index contributed by atoms with van der Waals surface area (Å²) in [5.41, 5.74) is 1.52. The van der Waals surface area contributed by atoms with Crippen LogP contribution in [0.15, 0.2) is 65.7 Å². The highest BCUT2D eigenvalue weighted by molar-refractivity contribution is 7.92. The van der Waals surface area contributed by atoms with Crippen LogP contribution in [0.5, 0.6) is 0 Å². The molecule has 29 heavy (non-hydrogen) atoms. The lowest BCUT2D eigenvalue weighted by atomic mass is 10.2. The first-order chi connectivity index (χ1) is 13.8. The van der Waals surface area contributed by atoms with Crippen molar-refractivity contribution in [1.82, 2.24) is 9.97 Å². The Morgan fingerprint density at radius 3 is 2.55 bits per heavy atom. The van der Waals surface area contributed by atoms with Crippen LogP contribution in [0.1, 0.15) is 0 Å². The zero-order valence-electron chi connectivity index (χ0n) is 14.4. The van der Waals surface area contributed by atoms with E-state index >= 15 is 0 Å². The minimum Gasteiger partial charge on any atom is -0.280 e. The zero-order valence-corrected chi connectivity index (χ0v) is 16.8. The fourth-order valence-corrected chi connectivity index (χ4v) is 5.09. The molecule has 146 valence electrons. The van der Waals surface area contributed by atoms with Gasteiger partial charge in [0.2, 0.25) is 0 Å². The number of nitrogens with one attached hydrogen (secondary N) is 1. The van der Waals surface area contributed by atoms with Crippen LogP contribution in [0, 0.1) is 10.1 Å². The molecule has 0 aliphatic heterocycles. The first-order valence-electron chi connectivity index (χ1n) is 8.12. The van der Waals surface area contributed by atoms with Crippen molar-refractivity contribution < 1.29 is 13.3 Å². The van der Waals surface area contributed by atoms with Gasteiger partial charge in [-0.3, -0.25) is 14.8 Å². The van der Waals surface area contributed by atoms with Crippen LogP contribution >= 0.6 is 22.9 Å². The van der Waals surface area contributed by atoms with E-state index in [1.165, 1.54) is 17.4 Å². The number of anilines is 1. The van der Waals surface area contributed by atoms with Crippen molar-refractivity contribution in [3.05, 3.63) is 75.9 Å². The van der Waals surface area contributed by atoms with E-state index in [9.17, 15) is 18.5 Å². The second kappa shape index (κ2) is 7.39. The molecule has 2 aromatic heterocycles. The fourth-order valence-electron chi connectivity index (χ4n) is 2.60. The monoisotopic (exact) mass is 446 g/mol. The summed E-state index contributed by atoms with van der Waals surface area (Å²) in [4.78, 5) is 19.5. The van der Waals surface area contributed by atoms with E-state index in [1.807, 2.05) is 12.1 Å². The number of benzene rings is 2. The van der Waals surface area contributed by atoms with Gasteiger partial charge in [-0.15, -0.1) is 0 Å². The maximum absolute atomic E-state index is 12.6. The predicted octanol–water partition coefficient (Wildman–Crippen LogP) is 4.72. The van der Waals surface area contributed by atoms with Gasteiger partial charge < -0.3 is 0 Å². The maximum Gasteiger partial charge on any atom is 0.270 e. The van der Waals surface area contributed by atoms with E-state index in [0.29, 0.717) is 0 Å². The molecule has 0 saturated carbocycles. The van der Waals surface area contributed by atoms with E-state index in [4.69, 9.17) is 11.6 Å². The Bertz CT molecular complexity index is 1300. The number of rotatable bonds is 5. The molecule has 0 saturated heterocycles. The summed E-state index contributed by atoms with van der Waals surface area (Å²) in [6, 6.07) is 13.5. The van der Waals surface area contributed by atoms with Crippen molar-refractivity contribution in [3.8, 4) is 10.6 Å². The number of aromatic nitrogens is 2. The molecular weight excluding hydrogens is 436 g/mol. The summed E-state index contributed by atoms with van der Waals surface area (Å²) in [6.45, 7) is 0. The molecular formula is C18H11ClN4O4S2. The van der Waals surface area contributed by atoms with Crippen molar-refractivity contribution in [2.45, 2.75) is 4.90 Å². The van der Waals surface area contributed by atoms with E-state index in [-0.39, 0.29) is 21.3 Å². The Hall–Kier alpha value is -3.08. The first kappa shape index (κ1) is 19.2. The first-order valence-corrected chi connectivity index (χ1v) is 10.8. The minimum atomic E-state index is -4.11. The van der Waals surface area contributed by atoms with Gasteiger partial charge >= 0.3 is 0 Å². The Balaban J connectivity index is 1.61. The summed E-state index contributed by atoms with van der Waals surface area (Å²) in [5.74, 6) is 0. The lowest BCUT2D eigenvalue weighted by molar-refractivity contribution is -0.385. The summed E-state index contributed by atoms with van der Waals surface area (Å²) in [5, 5.41) is 11.6. The second-order valence-corrected chi connectivity index (χ2v) is 8.94. The molecule has 0 atom stereocenters. The molecule has 0 fully saturated rings. The molecule has 0 aliphatic rings. The number of fused-ring (bicyclic) bond motifs is 1. The average molecular weight is 447 g/mol. The van der Waals surface area contributed by atoms with Crippen LogP contribution < -0.4 is 4.72 Å². The Morgan fingerprint density at radius 1 is 1.10 bits per heavy atom. The molecule has 0 radical (unpaired) electrons.